The minimum absolute atomic E-state index is 0.239. The molecular formula is C9H13F2NO3. The maximum Gasteiger partial charge on any atom is 0.377 e. The van der Waals surface area contributed by atoms with Crippen molar-refractivity contribution in [1.29, 1.82) is 0 Å². The van der Waals surface area contributed by atoms with Gasteiger partial charge in [0.2, 0.25) is 0 Å². The maximum absolute atomic E-state index is 13.4. The fraction of sp³-hybridized carbons (Fsp3) is 0.889. The fourth-order valence-electron chi connectivity index (χ4n) is 2.58. The Bertz CT molecular complexity index is 289. The van der Waals surface area contributed by atoms with Gasteiger partial charge in [-0.05, 0) is 31.8 Å². The molecule has 0 aromatic rings. The van der Waals surface area contributed by atoms with Crippen LogP contribution in [0.5, 0.6) is 0 Å². The van der Waals surface area contributed by atoms with Crippen LogP contribution in [0.3, 0.4) is 0 Å². The molecule has 3 heterocycles. The number of nitrogens with zero attached hydrogens (tertiary/aromatic N) is 1. The number of carboxylic acid groups (broad SMARTS) is 1. The molecule has 0 aromatic carbocycles. The van der Waals surface area contributed by atoms with Gasteiger partial charge in [0, 0.05) is 6.54 Å². The highest BCUT2D eigenvalue weighted by molar-refractivity contribution is 5.77. The number of fused-ring (bicyclic) bond motifs is 3. The first-order valence-corrected chi connectivity index (χ1v) is 4.94. The van der Waals surface area contributed by atoms with Crippen molar-refractivity contribution in [2.24, 2.45) is 5.92 Å². The zero-order valence-electron chi connectivity index (χ0n) is 8.12. The van der Waals surface area contributed by atoms with Crippen molar-refractivity contribution in [3.8, 4) is 0 Å². The van der Waals surface area contributed by atoms with Crippen molar-refractivity contribution in [1.82, 2.24) is 4.90 Å². The summed E-state index contributed by atoms with van der Waals surface area (Å²) >= 11 is 0. The Labute approximate surface area is 85.5 Å². The largest absolute Gasteiger partial charge is 0.477 e. The first kappa shape index (κ1) is 10.8. The number of hydrogen-bond donors (Lipinski definition) is 2. The highest BCUT2D eigenvalue weighted by Crippen LogP contribution is 2.44. The van der Waals surface area contributed by atoms with Gasteiger partial charge in [0.05, 0.1) is 0 Å². The van der Waals surface area contributed by atoms with E-state index in [1.54, 1.807) is 4.90 Å². The number of carboxylic acids is 1. The Balaban J connectivity index is 2.30. The smallest absolute Gasteiger partial charge is 0.377 e. The second-order valence-corrected chi connectivity index (χ2v) is 4.35. The van der Waals surface area contributed by atoms with E-state index in [0.717, 1.165) is 0 Å². The van der Waals surface area contributed by atoms with E-state index in [1.807, 2.05) is 0 Å². The van der Waals surface area contributed by atoms with Crippen LogP contribution in [-0.2, 0) is 4.79 Å². The van der Waals surface area contributed by atoms with Gasteiger partial charge in [0.15, 0.2) is 5.60 Å². The van der Waals surface area contributed by atoms with Gasteiger partial charge in [-0.15, -0.1) is 0 Å². The van der Waals surface area contributed by atoms with Gasteiger partial charge in [-0.2, -0.15) is 8.78 Å². The summed E-state index contributed by atoms with van der Waals surface area (Å²) in [7, 11) is 0. The summed E-state index contributed by atoms with van der Waals surface area (Å²) in [6, 6.07) is 0. The van der Waals surface area contributed by atoms with Crippen LogP contribution >= 0.6 is 0 Å². The number of piperidine rings is 3. The summed E-state index contributed by atoms with van der Waals surface area (Å²) in [6.07, 6.45) is 0.888. The molecule has 15 heavy (non-hydrogen) atoms. The summed E-state index contributed by atoms with van der Waals surface area (Å²) in [6.45, 7) is 1.10. The summed E-state index contributed by atoms with van der Waals surface area (Å²) in [5.74, 6) is -6.90. The van der Waals surface area contributed by atoms with E-state index in [2.05, 4.69) is 0 Å². The predicted octanol–water partition coefficient (Wildman–Crippen LogP) is 0.163. The molecule has 3 fully saturated rings. The molecule has 0 aliphatic carbocycles. The molecule has 0 saturated carbocycles. The number of aliphatic hydroxyl groups is 1. The third kappa shape index (κ3) is 1.35. The maximum atomic E-state index is 13.4. The Morgan fingerprint density at radius 3 is 2.27 bits per heavy atom. The van der Waals surface area contributed by atoms with Gasteiger partial charge in [-0.3, -0.25) is 0 Å². The highest BCUT2D eigenvalue weighted by atomic mass is 19.3. The lowest BCUT2D eigenvalue weighted by Crippen LogP contribution is -2.69. The van der Waals surface area contributed by atoms with Crippen LogP contribution in [0.15, 0.2) is 0 Å². The van der Waals surface area contributed by atoms with Crippen LogP contribution in [-0.4, -0.2) is 52.2 Å². The van der Waals surface area contributed by atoms with Crippen molar-refractivity contribution in [3.63, 3.8) is 0 Å². The number of carbonyl (C=O) groups is 1. The third-order valence-electron chi connectivity index (χ3n) is 3.54. The van der Waals surface area contributed by atoms with E-state index in [-0.39, 0.29) is 6.54 Å². The summed E-state index contributed by atoms with van der Waals surface area (Å²) in [4.78, 5) is 12.2. The van der Waals surface area contributed by atoms with Crippen molar-refractivity contribution >= 4 is 5.97 Å². The third-order valence-corrected chi connectivity index (χ3v) is 3.54. The molecule has 0 aromatic heterocycles. The fourth-order valence-corrected chi connectivity index (χ4v) is 2.58. The number of hydrogen-bond acceptors (Lipinski definition) is 3. The average molecular weight is 221 g/mol. The predicted molar refractivity (Wildman–Crippen MR) is 46.7 cm³/mol. The summed E-state index contributed by atoms with van der Waals surface area (Å²) in [5.41, 5.74) is -2.39. The monoisotopic (exact) mass is 221 g/mol. The Hall–Kier alpha value is -0.750. The number of aliphatic carboxylic acids is 1. The van der Waals surface area contributed by atoms with E-state index in [0.29, 0.717) is 25.9 Å². The van der Waals surface area contributed by atoms with Crippen LogP contribution in [0.4, 0.5) is 8.78 Å². The van der Waals surface area contributed by atoms with Gasteiger partial charge in [0.25, 0.3) is 0 Å². The lowest BCUT2D eigenvalue weighted by molar-refractivity contribution is -0.248. The van der Waals surface area contributed by atoms with Gasteiger partial charge in [-0.25, -0.2) is 4.79 Å². The van der Waals surface area contributed by atoms with Gasteiger partial charge < -0.3 is 15.1 Å². The SMILES string of the molecule is O=C(O)C(F)(F)C1(O)CN2CCC1CC2. The lowest BCUT2D eigenvalue weighted by Gasteiger charge is -2.51. The molecule has 3 rings (SSSR count). The van der Waals surface area contributed by atoms with Gasteiger partial charge in [0.1, 0.15) is 0 Å². The molecule has 3 saturated heterocycles. The minimum Gasteiger partial charge on any atom is -0.477 e. The summed E-state index contributed by atoms with van der Waals surface area (Å²) in [5, 5.41) is 18.3. The molecule has 3 aliphatic rings. The van der Waals surface area contributed by atoms with Crippen molar-refractivity contribution in [2.45, 2.75) is 24.4 Å². The van der Waals surface area contributed by atoms with E-state index < -0.39 is 23.4 Å². The molecule has 6 heteroatoms. The quantitative estimate of drug-likeness (QED) is 0.697. The molecule has 86 valence electrons. The van der Waals surface area contributed by atoms with Crippen LogP contribution in [0.1, 0.15) is 12.8 Å². The van der Waals surface area contributed by atoms with Crippen LogP contribution in [0.2, 0.25) is 0 Å². The molecule has 0 spiro atoms. The van der Waals surface area contributed by atoms with E-state index in [9.17, 15) is 18.7 Å². The van der Waals surface area contributed by atoms with E-state index >= 15 is 0 Å². The highest BCUT2D eigenvalue weighted by Gasteiger charge is 2.65. The Kier molecular flexibility index (Phi) is 2.24. The van der Waals surface area contributed by atoms with Gasteiger partial charge >= 0.3 is 11.9 Å². The van der Waals surface area contributed by atoms with Crippen molar-refractivity contribution in [3.05, 3.63) is 0 Å². The molecule has 3 aliphatic heterocycles. The zero-order valence-corrected chi connectivity index (χ0v) is 8.12. The Morgan fingerprint density at radius 2 is 1.93 bits per heavy atom. The van der Waals surface area contributed by atoms with Crippen molar-refractivity contribution in [2.75, 3.05) is 19.6 Å². The van der Waals surface area contributed by atoms with E-state index in [4.69, 9.17) is 5.11 Å². The first-order chi connectivity index (χ1) is 6.88. The average Bonchev–Trinajstić information content (AvgIpc) is 2.18. The topological polar surface area (TPSA) is 60.8 Å². The number of alkyl halides is 2. The molecule has 2 N–H and O–H groups in total. The molecule has 2 bridgehead atoms. The number of rotatable bonds is 2. The van der Waals surface area contributed by atoms with Gasteiger partial charge in [-0.1, -0.05) is 0 Å². The van der Waals surface area contributed by atoms with Crippen LogP contribution in [0, 0.1) is 5.92 Å². The number of halogens is 2. The molecule has 0 amide bonds. The molecular weight excluding hydrogens is 208 g/mol. The van der Waals surface area contributed by atoms with E-state index in [1.165, 1.54) is 0 Å². The zero-order chi connectivity index (χ0) is 11.3. The minimum atomic E-state index is -4.06. The molecule has 1 atom stereocenters. The van der Waals surface area contributed by atoms with Crippen LogP contribution in [0.25, 0.3) is 0 Å². The lowest BCUT2D eigenvalue weighted by atomic mass is 9.72. The van der Waals surface area contributed by atoms with Crippen molar-refractivity contribution < 1.29 is 23.8 Å². The molecule has 0 radical (unpaired) electrons. The summed E-state index contributed by atoms with van der Waals surface area (Å²) < 4.78 is 26.8. The normalized spacial score (nSPS) is 40.5. The standard InChI is InChI=1S/C9H13F2NO3/c10-9(11,7(13)14)8(15)5-12-3-1-6(8)2-4-12/h6,15H,1-5H2,(H,13,14). The first-order valence-electron chi connectivity index (χ1n) is 4.94. The van der Waals surface area contributed by atoms with Crippen LogP contribution < -0.4 is 0 Å². The molecule has 1 unspecified atom stereocenters. The second kappa shape index (κ2) is 3.12. The second-order valence-electron chi connectivity index (χ2n) is 4.35. The molecule has 4 nitrogen and oxygen atoms in total. The Morgan fingerprint density at radius 1 is 1.40 bits per heavy atom.